The van der Waals surface area contributed by atoms with E-state index in [1.54, 1.807) is 7.11 Å². The molecular weight excluding hydrogens is 340 g/mol. The highest BCUT2D eigenvalue weighted by Gasteiger charge is 2.45. The van der Waals surface area contributed by atoms with Gasteiger partial charge in [0.15, 0.2) is 0 Å². The highest BCUT2D eigenvalue weighted by Crippen LogP contribution is 2.40. The summed E-state index contributed by atoms with van der Waals surface area (Å²) in [6, 6.07) is 0. The van der Waals surface area contributed by atoms with Gasteiger partial charge in [-0.15, -0.1) is 0 Å². The molecule has 0 unspecified atom stereocenters. The first-order valence-electron chi connectivity index (χ1n) is 11.1. The first-order valence-corrected chi connectivity index (χ1v) is 13.3. The molecule has 0 aromatic carbocycles. The van der Waals surface area contributed by atoms with Crippen molar-refractivity contribution in [1.82, 2.24) is 0 Å². The lowest BCUT2D eigenvalue weighted by Crippen LogP contribution is -2.52. The van der Waals surface area contributed by atoms with Crippen LogP contribution in [0.3, 0.4) is 0 Å². The molecule has 26 heavy (non-hydrogen) atoms. The van der Waals surface area contributed by atoms with Crippen molar-refractivity contribution < 1.29 is 13.3 Å². The third kappa shape index (κ3) is 5.80. The fraction of sp³-hybridized carbons (Fsp3) is 1.00. The Morgan fingerprint density at radius 3 is 1.42 bits per heavy atom. The van der Waals surface area contributed by atoms with Crippen LogP contribution in [0.25, 0.3) is 0 Å². The van der Waals surface area contributed by atoms with Gasteiger partial charge in [-0.25, -0.2) is 0 Å². The maximum Gasteiger partial charge on any atom is 0.497 e. The summed E-state index contributed by atoms with van der Waals surface area (Å²) < 4.78 is 19.4. The van der Waals surface area contributed by atoms with Gasteiger partial charge < -0.3 is 13.3 Å². The first-order chi connectivity index (χ1) is 12.1. The van der Waals surface area contributed by atoms with Crippen LogP contribution in [-0.4, -0.2) is 28.1 Å². The summed E-state index contributed by atoms with van der Waals surface area (Å²) in [4.78, 5) is 0. The van der Waals surface area contributed by atoms with Crippen molar-refractivity contribution in [2.24, 2.45) is 35.5 Å². The van der Waals surface area contributed by atoms with Crippen molar-refractivity contribution in [2.75, 3.05) is 7.11 Å². The molecule has 0 bridgehead atoms. The molecule has 0 heterocycles. The Labute approximate surface area is 163 Å². The molecular formula is C22H44O3Si. The van der Waals surface area contributed by atoms with E-state index in [0.29, 0.717) is 23.7 Å². The minimum atomic E-state index is -2.63. The zero-order valence-electron chi connectivity index (χ0n) is 18.6. The normalized spacial score (nSPS) is 36.7. The molecule has 0 radical (unpaired) electrons. The van der Waals surface area contributed by atoms with Gasteiger partial charge in [0.25, 0.3) is 0 Å². The van der Waals surface area contributed by atoms with E-state index in [1.165, 1.54) is 25.7 Å². The van der Waals surface area contributed by atoms with Gasteiger partial charge in [-0.2, -0.15) is 0 Å². The van der Waals surface area contributed by atoms with E-state index in [0.717, 1.165) is 24.7 Å². The smallest absolute Gasteiger partial charge is 0.377 e. The molecule has 2 rings (SSSR count). The zero-order chi connectivity index (χ0) is 19.5. The molecule has 2 aliphatic rings. The van der Waals surface area contributed by atoms with Crippen LogP contribution in [0.2, 0.25) is 6.55 Å². The average molecular weight is 385 g/mol. The van der Waals surface area contributed by atoms with Gasteiger partial charge in [0.2, 0.25) is 0 Å². The van der Waals surface area contributed by atoms with E-state index >= 15 is 0 Å². The Morgan fingerprint density at radius 1 is 0.731 bits per heavy atom. The summed E-state index contributed by atoms with van der Waals surface area (Å²) in [6.07, 6.45) is 8.05. The third-order valence-electron chi connectivity index (χ3n) is 7.02. The summed E-state index contributed by atoms with van der Waals surface area (Å²) in [5, 5.41) is 0. The summed E-state index contributed by atoms with van der Waals surface area (Å²) in [6.45, 7) is 16.2. The monoisotopic (exact) mass is 384 g/mol. The van der Waals surface area contributed by atoms with Crippen molar-refractivity contribution in [3.05, 3.63) is 0 Å². The van der Waals surface area contributed by atoms with Crippen molar-refractivity contribution in [3.63, 3.8) is 0 Å². The molecule has 2 fully saturated rings. The van der Waals surface area contributed by atoms with Gasteiger partial charge >= 0.3 is 8.80 Å². The van der Waals surface area contributed by atoms with E-state index in [9.17, 15) is 0 Å². The molecule has 6 atom stereocenters. The van der Waals surface area contributed by atoms with Crippen molar-refractivity contribution >= 4 is 8.80 Å². The predicted octanol–water partition coefficient (Wildman–Crippen LogP) is 6.16. The molecule has 2 saturated carbocycles. The SMILES string of the molecule is CO[Si](C)(O[C@@H]1C[C@H](C)CC[C@H]1C(C)C)O[C@@H]1C[C@H](C)CC[C@H]1C(C)C. The number of hydrogen-bond acceptors (Lipinski definition) is 3. The molecule has 154 valence electrons. The molecule has 0 saturated heterocycles. The van der Waals surface area contributed by atoms with E-state index in [1.807, 2.05) is 0 Å². The van der Waals surface area contributed by atoms with E-state index in [4.69, 9.17) is 13.3 Å². The molecule has 0 spiro atoms. The molecule has 0 aliphatic heterocycles. The lowest BCUT2D eigenvalue weighted by molar-refractivity contribution is -0.0588. The lowest BCUT2D eigenvalue weighted by Gasteiger charge is -2.44. The maximum atomic E-state index is 6.73. The van der Waals surface area contributed by atoms with Gasteiger partial charge in [-0.05, 0) is 61.2 Å². The second-order valence-corrected chi connectivity index (χ2v) is 12.6. The first kappa shape index (κ1) is 22.4. The molecule has 4 heteroatoms. The highest BCUT2D eigenvalue weighted by atomic mass is 28.4. The lowest BCUT2D eigenvalue weighted by atomic mass is 9.75. The van der Waals surface area contributed by atoms with Crippen LogP contribution in [0, 0.1) is 35.5 Å². The Balaban J connectivity index is 2.10. The second kappa shape index (κ2) is 9.53. The Morgan fingerprint density at radius 2 is 1.12 bits per heavy atom. The van der Waals surface area contributed by atoms with Crippen LogP contribution in [0.15, 0.2) is 0 Å². The van der Waals surface area contributed by atoms with Crippen LogP contribution in [0.4, 0.5) is 0 Å². The van der Waals surface area contributed by atoms with Gasteiger partial charge in [0.05, 0.1) is 12.2 Å². The Hall–Kier alpha value is 0.0969. The molecule has 0 aromatic rings. The van der Waals surface area contributed by atoms with Gasteiger partial charge in [0, 0.05) is 13.7 Å². The summed E-state index contributed by atoms with van der Waals surface area (Å²) >= 11 is 0. The van der Waals surface area contributed by atoms with E-state index < -0.39 is 8.80 Å². The van der Waals surface area contributed by atoms with E-state index in [2.05, 4.69) is 48.1 Å². The van der Waals surface area contributed by atoms with E-state index in [-0.39, 0.29) is 12.2 Å². The number of hydrogen-bond donors (Lipinski definition) is 0. The molecule has 0 aromatic heterocycles. The van der Waals surface area contributed by atoms with Crippen molar-refractivity contribution in [2.45, 2.75) is 98.8 Å². The maximum absolute atomic E-state index is 6.73. The Bertz CT molecular complexity index is 392. The van der Waals surface area contributed by atoms with Crippen LogP contribution in [0.1, 0.15) is 80.1 Å². The van der Waals surface area contributed by atoms with Crippen LogP contribution < -0.4 is 0 Å². The fourth-order valence-corrected chi connectivity index (χ4v) is 7.06. The second-order valence-electron chi connectivity index (χ2n) is 10.0. The average Bonchev–Trinajstić information content (AvgIpc) is 2.54. The molecule has 3 nitrogen and oxygen atoms in total. The molecule has 0 amide bonds. The predicted molar refractivity (Wildman–Crippen MR) is 111 cm³/mol. The fourth-order valence-electron chi connectivity index (χ4n) is 5.17. The highest BCUT2D eigenvalue weighted by molar-refractivity contribution is 6.59. The third-order valence-corrected chi connectivity index (χ3v) is 9.23. The quantitative estimate of drug-likeness (QED) is 0.492. The topological polar surface area (TPSA) is 27.7 Å². The van der Waals surface area contributed by atoms with Crippen LogP contribution in [0.5, 0.6) is 0 Å². The zero-order valence-corrected chi connectivity index (χ0v) is 19.6. The Kier molecular flexibility index (Phi) is 8.21. The van der Waals surface area contributed by atoms with Gasteiger partial charge in [-0.1, -0.05) is 54.4 Å². The number of rotatable bonds is 7. The van der Waals surface area contributed by atoms with Gasteiger partial charge in [-0.3, -0.25) is 0 Å². The minimum absolute atomic E-state index is 0.286. The van der Waals surface area contributed by atoms with Crippen LogP contribution in [-0.2, 0) is 13.3 Å². The van der Waals surface area contributed by atoms with Crippen molar-refractivity contribution in [3.8, 4) is 0 Å². The largest absolute Gasteiger partial charge is 0.497 e. The standard InChI is InChI=1S/C22H44O3Si/c1-15(2)19-11-9-17(5)13-21(19)24-26(8,23-7)25-22-14-18(6)10-12-20(22)16(3)4/h15-22H,9-14H2,1-8H3/t17-,18-,19+,20+,21-,22-/m1/s1. The molecule has 0 N–H and O–H groups in total. The van der Waals surface area contributed by atoms with Gasteiger partial charge in [0.1, 0.15) is 0 Å². The summed E-state index contributed by atoms with van der Waals surface area (Å²) in [5.41, 5.74) is 0. The minimum Gasteiger partial charge on any atom is -0.377 e. The van der Waals surface area contributed by atoms with Crippen LogP contribution >= 0.6 is 0 Å². The molecule has 2 aliphatic carbocycles. The van der Waals surface area contributed by atoms with Crippen molar-refractivity contribution in [1.29, 1.82) is 0 Å². The summed E-state index contributed by atoms with van der Waals surface area (Å²) in [7, 11) is -0.842. The summed E-state index contributed by atoms with van der Waals surface area (Å²) in [5.74, 6) is 4.04.